The molecule has 11 heteroatoms. The Morgan fingerprint density at radius 1 is 1.12 bits per heavy atom. The number of hydrazine groups is 1. The third-order valence-electron chi connectivity index (χ3n) is 4.72. The number of carbonyl (C=O) groups excluding carboxylic acids is 4. The monoisotopic (exact) mass is 517 g/mol. The van der Waals surface area contributed by atoms with Gasteiger partial charge in [0.25, 0.3) is 11.8 Å². The van der Waals surface area contributed by atoms with Crippen LogP contribution in [0, 0.1) is 0 Å². The summed E-state index contributed by atoms with van der Waals surface area (Å²) in [6, 6.07) is 13.1. The van der Waals surface area contributed by atoms with Gasteiger partial charge in [0.05, 0.1) is 28.2 Å². The standard InChI is InChI=1S/C23H20ClN3O5S2/c1-32-22(31)15-10-8-14(9-11-15)13-18-21(30)27(23(33)34-18)12-4-7-19(28)25-26-20(29)16-5-2-3-6-17(16)24/h2-3,5-6,8-11,13H,4,7,12H2,1H3,(H,25,28)(H,26,29)/b18-13-. The van der Waals surface area contributed by atoms with Crippen molar-refractivity contribution in [2.45, 2.75) is 12.8 Å². The molecule has 0 aromatic heterocycles. The number of methoxy groups -OCH3 is 1. The van der Waals surface area contributed by atoms with Crippen LogP contribution in [0.5, 0.6) is 0 Å². The molecule has 1 aliphatic heterocycles. The van der Waals surface area contributed by atoms with Crippen molar-refractivity contribution in [3.8, 4) is 0 Å². The van der Waals surface area contributed by atoms with Gasteiger partial charge in [0.1, 0.15) is 4.32 Å². The van der Waals surface area contributed by atoms with Crippen LogP contribution in [0.25, 0.3) is 6.08 Å². The zero-order valence-corrected chi connectivity index (χ0v) is 20.4. The molecule has 1 heterocycles. The van der Waals surface area contributed by atoms with E-state index in [1.165, 1.54) is 23.8 Å². The molecule has 0 unspecified atom stereocenters. The molecule has 8 nitrogen and oxygen atoms in total. The van der Waals surface area contributed by atoms with Crippen molar-refractivity contribution in [1.82, 2.24) is 15.8 Å². The number of benzene rings is 2. The molecule has 0 bridgehead atoms. The van der Waals surface area contributed by atoms with Gasteiger partial charge in [0.2, 0.25) is 5.91 Å². The van der Waals surface area contributed by atoms with Crippen molar-refractivity contribution in [1.29, 1.82) is 0 Å². The van der Waals surface area contributed by atoms with Crippen LogP contribution in [0.3, 0.4) is 0 Å². The smallest absolute Gasteiger partial charge is 0.337 e. The van der Waals surface area contributed by atoms with Crippen LogP contribution < -0.4 is 10.9 Å². The largest absolute Gasteiger partial charge is 0.465 e. The first-order chi connectivity index (χ1) is 16.3. The van der Waals surface area contributed by atoms with Gasteiger partial charge in [-0.2, -0.15) is 0 Å². The van der Waals surface area contributed by atoms with Crippen molar-refractivity contribution in [2.75, 3.05) is 13.7 Å². The van der Waals surface area contributed by atoms with E-state index in [0.29, 0.717) is 21.2 Å². The van der Waals surface area contributed by atoms with Crippen LogP contribution in [0.4, 0.5) is 0 Å². The first-order valence-corrected chi connectivity index (χ1v) is 11.7. The molecule has 176 valence electrons. The molecule has 1 fully saturated rings. The maximum absolute atomic E-state index is 12.7. The average Bonchev–Trinajstić information content (AvgIpc) is 3.10. The molecule has 0 saturated carbocycles. The summed E-state index contributed by atoms with van der Waals surface area (Å²) in [6.45, 7) is 0.259. The number of esters is 1. The van der Waals surface area contributed by atoms with E-state index in [4.69, 9.17) is 23.8 Å². The van der Waals surface area contributed by atoms with Crippen LogP contribution >= 0.6 is 35.6 Å². The number of nitrogens with zero attached hydrogens (tertiary/aromatic N) is 1. The Balaban J connectivity index is 1.48. The molecule has 1 aliphatic rings. The second-order valence-corrected chi connectivity index (χ2v) is 9.12. The van der Waals surface area contributed by atoms with E-state index in [9.17, 15) is 19.2 Å². The summed E-state index contributed by atoms with van der Waals surface area (Å²) >= 11 is 12.4. The summed E-state index contributed by atoms with van der Waals surface area (Å²) in [6.07, 6.45) is 2.12. The molecule has 34 heavy (non-hydrogen) atoms. The SMILES string of the molecule is COC(=O)c1ccc(/C=C2\SC(=S)N(CCCC(=O)NNC(=O)c3ccccc3Cl)C2=O)cc1. The highest BCUT2D eigenvalue weighted by atomic mass is 35.5. The quantitative estimate of drug-likeness (QED) is 0.250. The van der Waals surface area contributed by atoms with Crippen LogP contribution in [0.1, 0.15) is 39.1 Å². The molecular weight excluding hydrogens is 498 g/mol. The number of thiocarbonyl (C=S) groups is 1. The lowest BCUT2D eigenvalue weighted by atomic mass is 10.1. The molecule has 3 rings (SSSR count). The second kappa shape index (κ2) is 11.8. The van der Waals surface area contributed by atoms with Crippen molar-refractivity contribution in [2.24, 2.45) is 0 Å². The maximum Gasteiger partial charge on any atom is 0.337 e. The van der Waals surface area contributed by atoms with Crippen LogP contribution in [-0.4, -0.2) is 46.6 Å². The lowest BCUT2D eigenvalue weighted by Crippen LogP contribution is -2.42. The highest BCUT2D eigenvalue weighted by Gasteiger charge is 2.31. The Bertz CT molecular complexity index is 1170. The van der Waals surface area contributed by atoms with Gasteiger partial charge in [-0.25, -0.2) is 4.79 Å². The van der Waals surface area contributed by atoms with Crippen molar-refractivity contribution in [3.63, 3.8) is 0 Å². The number of thioether (sulfide) groups is 1. The zero-order valence-electron chi connectivity index (χ0n) is 18.0. The Morgan fingerprint density at radius 3 is 2.50 bits per heavy atom. The summed E-state index contributed by atoms with van der Waals surface area (Å²) in [5.41, 5.74) is 6.04. The van der Waals surface area contributed by atoms with E-state index in [0.717, 1.165) is 5.56 Å². The van der Waals surface area contributed by atoms with E-state index in [1.54, 1.807) is 54.6 Å². The summed E-state index contributed by atoms with van der Waals surface area (Å²) in [5.74, 6) is -1.63. The molecule has 3 amide bonds. The molecule has 0 radical (unpaired) electrons. The number of carbonyl (C=O) groups is 4. The molecule has 2 aromatic rings. The lowest BCUT2D eigenvalue weighted by Gasteiger charge is -2.14. The first kappa shape index (κ1) is 25.4. The summed E-state index contributed by atoms with van der Waals surface area (Å²) < 4.78 is 5.07. The number of hydrogen-bond acceptors (Lipinski definition) is 7. The van der Waals surface area contributed by atoms with Gasteiger partial charge in [-0.3, -0.25) is 30.1 Å². The first-order valence-electron chi connectivity index (χ1n) is 10.1. The van der Waals surface area contributed by atoms with E-state index in [2.05, 4.69) is 15.6 Å². The molecule has 0 aliphatic carbocycles. The minimum Gasteiger partial charge on any atom is -0.465 e. The maximum atomic E-state index is 12.7. The summed E-state index contributed by atoms with van der Waals surface area (Å²) in [4.78, 5) is 50.3. The van der Waals surface area contributed by atoms with Gasteiger partial charge in [-0.1, -0.05) is 59.8 Å². The fraction of sp³-hybridized carbons (Fsp3) is 0.174. The molecule has 1 saturated heterocycles. The van der Waals surface area contributed by atoms with Gasteiger partial charge >= 0.3 is 5.97 Å². The Labute approximate surface area is 210 Å². The van der Waals surface area contributed by atoms with Gasteiger partial charge in [0.15, 0.2) is 0 Å². The van der Waals surface area contributed by atoms with Crippen LogP contribution in [0.2, 0.25) is 5.02 Å². The highest BCUT2D eigenvalue weighted by molar-refractivity contribution is 8.26. The molecule has 2 N–H and O–H groups in total. The average molecular weight is 518 g/mol. The summed E-state index contributed by atoms with van der Waals surface area (Å²) in [7, 11) is 1.31. The van der Waals surface area contributed by atoms with Crippen molar-refractivity contribution >= 4 is 69.7 Å². The molecule has 2 aromatic carbocycles. The highest BCUT2D eigenvalue weighted by Crippen LogP contribution is 2.32. The number of rotatable bonds is 7. The number of hydrogen-bond donors (Lipinski definition) is 2. The van der Waals surface area contributed by atoms with Gasteiger partial charge < -0.3 is 4.74 Å². The number of amides is 3. The Hall–Kier alpha value is -3.21. The third kappa shape index (κ3) is 6.43. The normalized spacial score (nSPS) is 14.3. The second-order valence-electron chi connectivity index (χ2n) is 7.03. The zero-order chi connectivity index (χ0) is 24.7. The minimum absolute atomic E-state index is 0.0773. The Kier molecular flexibility index (Phi) is 8.80. The topological polar surface area (TPSA) is 105 Å². The number of nitrogens with one attached hydrogen (secondary N) is 2. The molecule has 0 spiro atoms. The van der Waals surface area contributed by atoms with Crippen molar-refractivity contribution < 1.29 is 23.9 Å². The van der Waals surface area contributed by atoms with E-state index in [-0.39, 0.29) is 29.5 Å². The van der Waals surface area contributed by atoms with Gasteiger partial charge in [-0.05, 0) is 42.3 Å². The number of ether oxygens (including phenoxy) is 1. The fourth-order valence-electron chi connectivity index (χ4n) is 2.98. The van der Waals surface area contributed by atoms with Crippen LogP contribution in [-0.2, 0) is 14.3 Å². The van der Waals surface area contributed by atoms with E-state index in [1.807, 2.05) is 0 Å². The van der Waals surface area contributed by atoms with Crippen LogP contribution in [0.15, 0.2) is 53.4 Å². The van der Waals surface area contributed by atoms with E-state index >= 15 is 0 Å². The lowest BCUT2D eigenvalue weighted by molar-refractivity contribution is -0.124. The minimum atomic E-state index is -0.527. The fourth-order valence-corrected chi connectivity index (χ4v) is 4.51. The van der Waals surface area contributed by atoms with Gasteiger partial charge in [0, 0.05) is 13.0 Å². The van der Waals surface area contributed by atoms with Gasteiger partial charge in [-0.15, -0.1) is 0 Å². The summed E-state index contributed by atoms with van der Waals surface area (Å²) in [5, 5.41) is 0.274. The van der Waals surface area contributed by atoms with E-state index < -0.39 is 17.8 Å². The molecule has 0 atom stereocenters. The Morgan fingerprint density at radius 2 is 1.82 bits per heavy atom. The predicted octanol–water partition coefficient (Wildman–Crippen LogP) is 3.57. The number of halogens is 1. The molecular formula is C23H20ClN3O5S2. The third-order valence-corrected chi connectivity index (χ3v) is 6.43. The van der Waals surface area contributed by atoms with Crippen molar-refractivity contribution in [3.05, 3.63) is 75.1 Å². The predicted molar refractivity (Wildman–Crippen MR) is 134 cm³/mol.